The lowest BCUT2D eigenvalue weighted by atomic mass is 10.3. The lowest BCUT2D eigenvalue weighted by molar-refractivity contribution is -0.116. The van der Waals surface area contributed by atoms with Crippen molar-refractivity contribution in [2.45, 2.75) is 20.4 Å². The van der Waals surface area contributed by atoms with Crippen LogP contribution in [0.2, 0.25) is 0 Å². The Labute approximate surface area is 83.1 Å². The molecule has 0 atom stereocenters. The van der Waals surface area contributed by atoms with Crippen molar-refractivity contribution in [1.82, 2.24) is 15.3 Å². The van der Waals surface area contributed by atoms with Crippen molar-refractivity contribution >= 4 is 5.91 Å². The molecule has 0 aliphatic carbocycles. The van der Waals surface area contributed by atoms with Gasteiger partial charge in [-0.3, -0.25) is 4.79 Å². The summed E-state index contributed by atoms with van der Waals surface area (Å²) in [6, 6.07) is 1.84. The molecule has 1 N–H and O–H groups in total. The van der Waals surface area contributed by atoms with Crippen LogP contribution >= 0.6 is 0 Å². The summed E-state index contributed by atoms with van der Waals surface area (Å²) in [7, 11) is 0. The summed E-state index contributed by atoms with van der Waals surface area (Å²) in [5.41, 5.74) is 1.71. The lowest BCUT2D eigenvalue weighted by Crippen LogP contribution is -2.21. The largest absolute Gasteiger partial charge is 0.347 e. The molecule has 0 radical (unpaired) electrons. The van der Waals surface area contributed by atoms with E-state index in [4.69, 9.17) is 0 Å². The third-order valence-electron chi connectivity index (χ3n) is 1.65. The highest BCUT2D eigenvalue weighted by molar-refractivity contribution is 5.86. The van der Waals surface area contributed by atoms with Crippen LogP contribution in [0.15, 0.2) is 18.7 Å². The fourth-order valence-electron chi connectivity index (χ4n) is 1.13. The molecule has 0 spiro atoms. The molecule has 4 heteroatoms. The van der Waals surface area contributed by atoms with Crippen LogP contribution in [0.4, 0.5) is 0 Å². The van der Waals surface area contributed by atoms with Gasteiger partial charge in [0.15, 0.2) is 0 Å². The molecule has 4 nitrogen and oxygen atoms in total. The Morgan fingerprint density at radius 2 is 2.29 bits per heavy atom. The molecule has 1 amide bonds. The first kappa shape index (κ1) is 10.4. The van der Waals surface area contributed by atoms with Crippen LogP contribution in [0.25, 0.3) is 0 Å². The van der Waals surface area contributed by atoms with Crippen molar-refractivity contribution in [3.63, 3.8) is 0 Å². The van der Waals surface area contributed by atoms with Gasteiger partial charge in [-0.1, -0.05) is 6.58 Å². The van der Waals surface area contributed by atoms with E-state index in [0.717, 1.165) is 11.4 Å². The Kier molecular flexibility index (Phi) is 3.34. The van der Waals surface area contributed by atoms with Gasteiger partial charge in [0.05, 0.1) is 12.2 Å². The molecular formula is C10H13N3O. The maximum atomic E-state index is 10.9. The van der Waals surface area contributed by atoms with Crippen molar-refractivity contribution in [1.29, 1.82) is 0 Å². The highest BCUT2D eigenvalue weighted by Crippen LogP contribution is 1.99. The second-order valence-corrected chi connectivity index (χ2v) is 2.97. The van der Waals surface area contributed by atoms with Gasteiger partial charge >= 0.3 is 0 Å². The molecule has 0 fully saturated rings. The maximum Gasteiger partial charge on any atom is 0.243 e. The number of carbonyl (C=O) groups is 1. The van der Waals surface area contributed by atoms with Gasteiger partial charge in [0.1, 0.15) is 5.82 Å². The Morgan fingerprint density at radius 3 is 2.86 bits per heavy atom. The number of hydrogen-bond acceptors (Lipinski definition) is 3. The smallest absolute Gasteiger partial charge is 0.243 e. The molecule has 0 saturated heterocycles. The summed E-state index contributed by atoms with van der Waals surface area (Å²) in [6.45, 7) is 7.50. The van der Waals surface area contributed by atoms with E-state index in [1.807, 2.05) is 19.9 Å². The number of nitrogens with zero attached hydrogens (tertiary/aromatic N) is 2. The standard InChI is InChI=1S/C10H13N3O/c1-4-10(14)11-6-9-5-7(2)12-8(3)13-9/h4-5H,1,6H2,2-3H3,(H,11,14). The molecule has 0 unspecified atom stereocenters. The Balaban J connectivity index is 2.67. The fraction of sp³-hybridized carbons (Fsp3) is 0.300. The first-order valence-corrected chi connectivity index (χ1v) is 4.33. The zero-order valence-corrected chi connectivity index (χ0v) is 8.37. The van der Waals surface area contributed by atoms with E-state index in [9.17, 15) is 4.79 Å². The van der Waals surface area contributed by atoms with Gasteiger partial charge < -0.3 is 5.32 Å². The minimum atomic E-state index is -0.195. The second-order valence-electron chi connectivity index (χ2n) is 2.97. The Bertz CT molecular complexity index is 340. The average Bonchev–Trinajstić information content (AvgIpc) is 2.12. The number of hydrogen-bond donors (Lipinski definition) is 1. The lowest BCUT2D eigenvalue weighted by Gasteiger charge is -2.03. The van der Waals surface area contributed by atoms with E-state index in [0.29, 0.717) is 12.4 Å². The topological polar surface area (TPSA) is 54.9 Å². The number of nitrogens with one attached hydrogen (secondary N) is 1. The van der Waals surface area contributed by atoms with Crippen LogP contribution in [0.5, 0.6) is 0 Å². The highest BCUT2D eigenvalue weighted by Gasteiger charge is 1.99. The molecule has 0 aromatic carbocycles. The molecule has 0 aliphatic rings. The molecule has 1 rings (SSSR count). The molecule has 1 aromatic heterocycles. The quantitative estimate of drug-likeness (QED) is 0.722. The molecule has 74 valence electrons. The summed E-state index contributed by atoms with van der Waals surface area (Å²) in [5, 5.41) is 2.66. The number of aryl methyl sites for hydroxylation is 2. The number of amides is 1. The molecule has 1 heterocycles. The van der Waals surface area contributed by atoms with Crippen molar-refractivity contribution in [3.05, 3.63) is 35.9 Å². The van der Waals surface area contributed by atoms with Crippen molar-refractivity contribution < 1.29 is 4.79 Å². The van der Waals surface area contributed by atoms with Gasteiger partial charge in [0, 0.05) is 5.69 Å². The monoisotopic (exact) mass is 191 g/mol. The second kappa shape index (κ2) is 4.50. The van der Waals surface area contributed by atoms with Gasteiger partial charge in [-0.15, -0.1) is 0 Å². The van der Waals surface area contributed by atoms with Gasteiger partial charge in [0.25, 0.3) is 0 Å². The summed E-state index contributed by atoms with van der Waals surface area (Å²) in [5.74, 6) is 0.520. The third kappa shape index (κ3) is 2.97. The first-order chi connectivity index (χ1) is 6.61. The van der Waals surface area contributed by atoms with Crippen molar-refractivity contribution in [2.75, 3.05) is 0 Å². The van der Waals surface area contributed by atoms with Crippen molar-refractivity contribution in [3.8, 4) is 0 Å². The SMILES string of the molecule is C=CC(=O)NCc1cc(C)nc(C)n1. The zero-order chi connectivity index (χ0) is 10.6. The summed E-state index contributed by atoms with van der Waals surface area (Å²) in [6.07, 6.45) is 1.24. The molecule has 0 aliphatic heterocycles. The molecule has 0 saturated carbocycles. The predicted octanol–water partition coefficient (Wildman–Crippen LogP) is 0.896. The van der Waals surface area contributed by atoms with Crippen LogP contribution in [0.3, 0.4) is 0 Å². The minimum absolute atomic E-state index is 0.195. The molecule has 14 heavy (non-hydrogen) atoms. The number of carbonyl (C=O) groups excluding carboxylic acids is 1. The van der Waals surface area contributed by atoms with E-state index in [2.05, 4.69) is 21.9 Å². The number of rotatable bonds is 3. The highest BCUT2D eigenvalue weighted by atomic mass is 16.1. The zero-order valence-electron chi connectivity index (χ0n) is 8.37. The molecule has 1 aromatic rings. The van der Waals surface area contributed by atoms with E-state index in [1.54, 1.807) is 0 Å². The van der Waals surface area contributed by atoms with E-state index in [-0.39, 0.29) is 5.91 Å². The Hall–Kier alpha value is -1.71. The molecule has 0 bridgehead atoms. The number of aromatic nitrogens is 2. The van der Waals surface area contributed by atoms with Gasteiger partial charge in [-0.2, -0.15) is 0 Å². The predicted molar refractivity (Wildman–Crippen MR) is 53.5 cm³/mol. The van der Waals surface area contributed by atoms with Gasteiger partial charge in [-0.05, 0) is 26.0 Å². The van der Waals surface area contributed by atoms with Crippen LogP contribution in [-0.2, 0) is 11.3 Å². The van der Waals surface area contributed by atoms with Gasteiger partial charge in [-0.25, -0.2) is 9.97 Å². The van der Waals surface area contributed by atoms with Crippen molar-refractivity contribution in [2.24, 2.45) is 0 Å². The average molecular weight is 191 g/mol. The fourth-order valence-corrected chi connectivity index (χ4v) is 1.13. The molecular weight excluding hydrogens is 178 g/mol. The normalized spacial score (nSPS) is 9.57. The van der Waals surface area contributed by atoms with Gasteiger partial charge in [0.2, 0.25) is 5.91 Å². The minimum Gasteiger partial charge on any atom is -0.347 e. The summed E-state index contributed by atoms with van der Waals surface area (Å²) < 4.78 is 0. The summed E-state index contributed by atoms with van der Waals surface area (Å²) >= 11 is 0. The van der Waals surface area contributed by atoms with Crippen LogP contribution < -0.4 is 5.32 Å². The maximum absolute atomic E-state index is 10.9. The summed E-state index contributed by atoms with van der Waals surface area (Å²) in [4.78, 5) is 19.2. The van der Waals surface area contributed by atoms with E-state index < -0.39 is 0 Å². The van der Waals surface area contributed by atoms with Crippen LogP contribution in [0, 0.1) is 13.8 Å². The Morgan fingerprint density at radius 1 is 1.57 bits per heavy atom. The van der Waals surface area contributed by atoms with Crippen LogP contribution in [-0.4, -0.2) is 15.9 Å². The first-order valence-electron chi connectivity index (χ1n) is 4.33. The van der Waals surface area contributed by atoms with E-state index in [1.165, 1.54) is 6.08 Å². The van der Waals surface area contributed by atoms with E-state index >= 15 is 0 Å². The third-order valence-corrected chi connectivity index (χ3v) is 1.65. The van der Waals surface area contributed by atoms with Crippen LogP contribution in [0.1, 0.15) is 17.2 Å².